The van der Waals surface area contributed by atoms with Crippen molar-refractivity contribution in [3.8, 4) is 0 Å². The lowest BCUT2D eigenvalue weighted by Crippen LogP contribution is -2.22. The Kier molecular flexibility index (Phi) is 6.68. The summed E-state index contributed by atoms with van der Waals surface area (Å²) in [5, 5.41) is 0.912. The van der Waals surface area contributed by atoms with E-state index in [4.69, 9.17) is 4.74 Å². The van der Waals surface area contributed by atoms with Gasteiger partial charge in [-0.15, -0.1) is 0 Å². The number of fused-ring (bicyclic) bond motifs is 1. The third-order valence-corrected chi connectivity index (χ3v) is 6.47. The number of hydrogen-bond acceptors (Lipinski definition) is 5. The first-order valence-electron chi connectivity index (χ1n) is 7.96. The van der Waals surface area contributed by atoms with Crippen LogP contribution in [0.1, 0.15) is 19.8 Å². The van der Waals surface area contributed by atoms with Crippen LogP contribution >= 0.6 is 11.8 Å². The number of aryl methyl sites for hydroxylation is 1. The van der Waals surface area contributed by atoms with Gasteiger partial charge in [-0.05, 0) is 24.6 Å². The molecule has 0 saturated heterocycles. The van der Waals surface area contributed by atoms with E-state index in [2.05, 4.69) is 16.5 Å². The van der Waals surface area contributed by atoms with E-state index in [9.17, 15) is 8.42 Å². The van der Waals surface area contributed by atoms with Gasteiger partial charge in [0.2, 0.25) is 10.0 Å². The summed E-state index contributed by atoms with van der Waals surface area (Å²) in [5.74, 6) is 0.814. The van der Waals surface area contributed by atoms with Crippen molar-refractivity contribution in [2.45, 2.75) is 36.4 Å². The fraction of sp³-hybridized carbons (Fsp3) is 0.562. The van der Waals surface area contributed by atoms with E-state index in [1.165, 1.54) is 18.4 Å². The molecule has 0 saturated carbocycles. The molecule has 0 aliphatic heterocycles. The van der Waals surface area contributed by atoms with E-state index in [0.29, 0.717) is 12.1 Å². The Hall–Kier alpha value is -1.09. The molecular formula is C16H25N3O3S2. The number of methoxy groups -OCH3 is 1. The minimum Gasteiger partial charge on any atom is -0.384 e. The molecule has 24 heavy (non-hydrogen) atoms. The second kappa shape index (κ2) is 8.33. The van der Waals surface area contributed by atoms with Gasteiger partial charge in [-0.2, -0.15) is 0 Å². The third kappa shape index (κ3) is 4.11. The molecule has 0 amide bonds. The molecule has 0 unspecified atom stereocenters. The molecule has 8 heteroatoms. The molecule has 6 nitrogen and oxygen atoms in total. The largest absolute Gasteiger partial charge is 0.384 e. The van der Waals surface area contributed by atoms with Gasteiger partial charge in [0.1, 0.15) is 0 Å². The van der Waals surface area contributed by atoms with Crippen molar-refractivity contribution in [2.75, 3.05) is 33.6 Å². The van der Waals surface area contributed by atoms with E-state index in [-0.39, 0.29) is 4.90 Å². The van der Waals surface area contributed by atoms with Crippen LogP contribution < -0.4 is 0 Å². The lowest BCUT2D eigenvalue weighted by Gasteiger charge is -2.11. The molecule has 0 aliphatic carbocycles. The van der Waals surface area contributed by atoms with Crippen LogP contribution in [-0.2, 0) is 21.3 Å². The predicted octanol–water partition coefficient (Wildman–Crippen LogP) is 2.83. The van der Waals surface area contributed by atoms with Crippen LogP contribution in [0.4, 0.5) is 0 Å². The molecule has 1 heterocycles. The van der Waals surface area contributed by atoms with E-state index < -0.39 is 10.0 Å². The zero-order chi connectivity index (χ0) is 17.7. The number of nitrogens with zero attached hydrogens (tertiary/aromatic N) is 3. The highest BCUT2D eigenvalue weighted by Gasteiger charge is 2.19. The zero-order valence-electron chi connectivity index (χ0n) is 14.7. The SMILES string of the molecule is CCCCn1c(SCCOC)nc2cc(S(=O)(=O)N(C)C)ccc21. The standard InChI is InChI=1S/C16H25N3O3S2/c1-5-6-9-19-15-8-7-13(24(20,21)18(2)3)12-14(15)17-16(19)23-11-10-22-4/h7-8,12H,5-6,9-11H2,1-4H3. The molecule has 0 spiro atoms. The number of hydrogen-bond donors (Lipinski definition) is 0. The van der Waals surface area contributed by atoms with Gasteiger partial charge >= 0.3 is 0 Å². The molecule has 1 aromatic carbocycles. The Balaban J connectivity index is 2.45. The van der Waals surface area contributed by atoms with Gasteiger partial charge in [0, 0.05) is 33.5 Å². The van der Waals surface area contributed by atoms with E-state index in [1.54, 1.807) is 31.0 Å². The number of sulfonamides is 1. The minimum absolute atomic E-state index is 0.272. The predicted molar refractivity (Wildman–Crippen MR) is 98.1 cm³/mol. The summed E-state index contributed by atoms with van der Waals surface area (Å²) in [6.45, 7) is 3.68. The minimum atomic E-state index is -3.45. The smallest absolute Gasteiger partial charge is 0.242 e. The Morgan fingerprint density at radius 1 is 1.33 bits per heavy atom. The number of benzene rings is 1. The summed E-state index contributed by atoms with van der Waals surface area (Å²) in [5.41, 5.74) is 1.69. The van der Waals surface area contributed by atoms with Gasteiger partial charge in [0.05, 0.1) is 22.5 Å². The normalized spacial score (nSPS) is 12.4. The quantitative estimate of drug-likeness (QED) is 0.501. The fourth-order valence-corrected chi connectivity index (χ4v) is 4.18. The van der Waals surface area contributed by atoms with Gasteiger partial charge in [-0.1, -0.05) is 25.1 Å². The van der Waals surface area contributed by atoms with Crippen LogP contribution in [0, 0.1) is 0 Å². The first kappa shape index (κ1) is 19.2. The highest BCUT2D eigenvalue weighted by molar-refractivity contribution is 7.99. The summed E-state index contributed by atoms with van der Waals surface area (Å²) in [6, 6.07) is 5.17. The second-order valence-corrected chi connectivity index (χ2v) is 8.89. The molecule has 0 radical (unpaired) electrons. The number of aromatic nitrogens is 2. The summed E-state index contributed by atoms with van der Waals surface area (Å²) in [7, 11) is 1.29. The molecule has 0 aliphatic rings. The summed E-state index contributed by atoms with van der Waals surface area (Å²) in [4.78, 5) is 4.93. The number of thioether (sulfide) groups is 1. The number of rotatable bonds is 9. The number of ether oxygens (including phenoxy) is 1. The Labute approximate surface area is 148 Å². The zero-order valence-corrected chi connectivity index (χ0v) is 16.3. The van der Waals surface area contributed by atoms with Crippen molar-refractivity contribution < 1.29 is 13.2 Å². The van der Waals surface area contributed by atoms with Crippen molar-refractivity contribution in [3.63, 3.8) is 0 Å². The van der Waals surface area contributed by atoms with Gasteiger partial charge in [-0.25, -0.2) is 17.7 Å². The molecule has 0 N–H and O–H groups in total. The highest BCUT2D eigenvalue weighted by Crippen LogP contribution is 2.27. The van der Waals surface area contributed by atoms with E-state index in [0.717, 1.165) is 35.8 Å². The molecular weight excluding hydrogens is 346 g/mol. The molecule has 1 aromatic heterocycles. The maximum atomic E-state index is 12.3. The van der Waals surface area contributed by atoms with Crippen LogP contribution in [0.5, 0.6) is 0 Å². The topological polar surface area (TPSA) is 64.4 Å². The maximum absolute atomic E-state index is 12.3. The third-order valence-electron chi connectivity index (χ3n) is 3.72. The molecule has 0 bridgehead atoms. The van der Waals surface area contributed by atoms with Crippen LogP contribution in [0.2, 0.25) is 0 Å². The van der Waals surface area contributed by atoms with E-state index >= 15 is 0 Å². The van der Waals surface area contributed by atoms with Crippen LogP contribution in [0.3, 0.4) is 0 Å². The number of imidazole rings is 1. The Morgan fingerprint density at radius 2 is 2.08 bits per heavy atom. The summed E-state index contributed by atoms with van der Waals surface area (Å²) in [6.07, 6.45) is 2.15. The van der Waals surface area contributed by atoms with Crippen molar-refractivity contribution in [1.82, 2.24) is 13.9 Å². The summed E-state index contributed by atoms with van der Waals surface area (Å²) < 4.78 is 33.1. The first-order valence-corrected chi connectivity index (χ1v) is 10.4. The lowest BCUT2D eigenvalue weighted by molar-refractivity contribution is 0.218. The van der Waals surface area contributed by atoms with Crippen molar-refractivity contribution >= 4 is 32.8 Å². The number of unbranched alkanes of at least 4 members (excludes halogenated alkanes) is 1. The van der Waals surface area contributed by atoms with Gasteiger partial charge in [0.15, 0.2) is 5.16 Å². The monoisotopic (exact) mass is 371 g/mol. The van der Waals surface area contributed by atoms with Gasteiger partial charge < -0.3 is 9.30 Å². The van der Waals surface area contributed by atoms with Crippen molar-refractivity contribution in [1.29, 1.82) is 0 Å². The van der Waals surface area contributed by atoms with Crippen LogP contribution in [0.15, 0.2) is 28.3 Å². The molecule has 134 valence electrons. The second-order valence-electron chi connectivity index (χ2n) is 5.68. The first-order chi connectivity index (χ1) is 11.4. The Morgan fingerprint density at radius 3 is 2.71 bits per heavy atom. The molecule has 2 aromatic rings. The average Bonchev–Trinajstić information content (AvgIpc) is 2.89. The Bertz CT molecular complexity index is 785. The maximum Gasteiger partial charge on any atom is 0.242 e. The molecule has 2 rings (SSSR count). The van der Waals surface area contributed by atoms with Crippen molar-refractivity contribution in [2.24, 2.45) is 0 Å². The van der Waals surface area contributed by atoms with Gasteiger partial charge in [0.25, 0.3) is 0 Å². The molecule has 0 atom stereocenters. The van der Waals surface area contributed by atoms with Crippen molar-refractivity contribution in [3.05, 3.63) is 18.2 Å². The lowest BCUT2D eigenvalue weighted by atomic mass is 10.3. The van der Waals surface area contributed by atoms with E-state index in [1.807, 2.05) is 6.07 Å². The van der Waals surface area contributed by atoms with Gasteiger partial charge in [-0.3, -0.25) is 0 Å². The average molecular weight is 372 g/mol. The summed E-state index contributed by atoms with van der Waals surface area (Å²) >= 11 is 1.63. The van der Waals surface area contributed by atoms with Crippen LogP contribution in [-0.4, -0.2) is 55.8 Å². The molecule has 0 fully saturated rings. The van der Waals surface area contributed by atoms with Crippen LogP contribution in [0.25, 0.3) is 11.0 Å². The highest BCUT2D eigenvalue weighted by atomic mass is 32.2. The fourth-order valence-electron chi connectivity index (χ4n) is 2.32.